The molecule has 4 nitrogen and oxygen atoms in total. The van der Waals surface area contributed by atoms with Gasteiger partial charge in [-0.05, 0) is 38.1 Å². The second-order valence-electron chi connectivity index (χ2n) is 3.58. The van der Waals surface area contributed by atoms with Crippen molar-refractivity contribution < 1.29 is 14.6 Å². The minimum atomic E-state index is -1.52. The predicted molar refractivity (Wildman–Crippen MR) is 53.1 cm³/mol. The molecule has 0 heterocycles. The summed E-state index contributed by atoms with van der Waals surface area (Å²) >= 11 is 0. The van der Waals surface area contributed by atoms with Gasteiger partial charge in [0.1, 0.15) is 5.75 Å². The number of nitrogens with zero attached hydrogens (tertiary/aromatic N) is 1. The molecule has 4 heteroatoms. The zero-order valence-corrected chi connectivity index (χ0v) is 8.52. The number of hydrogen-bond donors (Lipinski definition) is 1. The van der Waals surface area contributed by atoms with E-state index in [1.54, 1.807) is 0 Å². The van der Waals surface area contributed by atoms with E-state index in [1.165, 1.54) is 38.1 Å². The summed E-state index contributed by atoms with van der Waals surface area (Å²) in [5.41, 5.74) is -1.04. The minimum Gasteiger partial charge on any atom is -0.424 e. The fraction of sp³-hybridized carbons (Fsp3) is 0.273. The van der Waals surface area contributed by atoms with E-state index >= 15 is 0 Å². The van der Waals surface area contributed by atoms with E-state index in [-0.39, 0.29) is 0 Å². The molecule has 0 aliphatic heterocycles. The molecule has 0 unspecified atom stereocenters. The lowest BCUT2D eigenvalue weighted by atomic mass is 10.1. The monoisotopic (exact) mass is 205 g/mol. The molecular formula is C11H11NO3. The molecule has 0 saturated heterocycles. The molecule has 0 bridgehead atoms. The Labute approximate surface area is 87.7 Å². The SMILES string of the molecule is CC(C)(O)C(=O)Oc1ccc(C#N)cc1. The summed E-state index contributed by atoms with van der Waals surface area (Å²) in [5.74, 6) is -0.423. The molecule has 1 rings (SSSR count). The van der Waals surface area contributed by atoms with Crippen LogP contribution in [0.1, 0.15) is 19.4 Å². The van der Waals surface area contributed by atoms with Crippen LogP contribution in [0, 0.1) is 11.3 Å². The van der Waals surface area contributed by atoms with Gasteiger partial charge in [0.25, 0.3) is 0 Å². The van der Waals surface area contributed by atoms with Crippen molar-refractivity contribution in [1.29, 1.82) is 5.26 Å². The Morgan fingerprint density at radius 2 is 1.93 bits per heavy atom. The Hall–Kier alpha value is -1.86. The van der Waals surface area contributed by atoms with Crippen LogP contribution >= 0.6 is 0 Å². The summed E-state index contributed by atoms with van der Waals surface area (Å²) < 4.78 is 4.88. The van der Waals surface area contributed by atoms with Gasteiger partial charge in [-0.2, -0.15) is 5.26 Å². The topological polar surface area (TPSA) is 70.3 Å². The lowest BCUT2D eigenvalue weighted by molar-refractivity contribution is -0.151. The van der Waals surface area contributed by atoms with Crippen LogP contribution in [0.4, 0.5) is 0 Å². The van der Waals surface area contributed by atoms with Crippen LogP contribution in [0.15, 0.2) is 24.3 Å². The molecule has 15 heavy (non-hydrogen) atoms. The Kier molecular flexibility index (Phi) is 3.08. The normalized spacial score (nSPS) is 10.5. The molecule has 0 amide bonds. The van der Waals surface area contributed by atoms with E-state index in [1.807, 2.05) is 6.07 Å². The number of esters is 1. The summed E-state index contributed by atoms with van der Waals surface area (Å²) in [7, 11) is 0. The van der Waals surface area contributed by atoms with E-state index in [0.717, 1.165) is 0 Å². The van der Waals surface area contributed by atoms with Gasteiger partial charge in [0, 0.05) is 0 Å². The number of aliphatic hydroxyl groups is 1. The molecule has 0 aromatic heterocycles. The van der Waals surface area contributed by atoms with Gasteiger partial charge in [-0.25, -0.2) is 4.79 Å². The van der Waals surface area contributed by atoms with Crippen molar-refractivity contribution in [2.75, 3.05) is 0 Å². The zero-order valence-electron chi connectivity index (χ0n) is 8.52. The van der Waals surface area contributed by atoms with Crippen LogP contribution in [0.25, 0.3) is 0 Å². The van der Waals surface area contributed by atoms with Gasteiger partial charge < -0.3 is 9.84 Å². The zero-order chi connectivity index (χ0) is 11.5. The van der Waals surface area contributed by atoms with Crippen molar-refractivity contribution in [3.05, 3.63) is 29.8 Å². The second kappa shape index (κ2) is 4.11. The molecular weight excluding hydrogens is 194 g/mol. The van der Waals surface area contributed by atoms with E-state index in [4.69, 9.17) is 10.00 Å². The Morgan fingerprint density at radius 3 is 2.33 bits per heavy atom. The lowest BCUT2D eigenvalue weighted by Crippen LogP contribution is -2.35. The number of ether oxygens (including phenoxy) is 1. The summed E-state index contributed by atoms with van der Waals surface area (Å²) in [6.45, 7) is 2.69. The number of hydrogen-bond acceptors (Lipinski definition) is 4. The highest BCUT2D eigenvalue weighted by Gasteiger charge is 2.26. The van der Waals surface area contributed by atoms with Crippen LogP contribution in [0.3, 0.4) is 0 Å². The number of carbonyl (C=O) groups excluding carboxylic acids is 1. The first-order valence-corrected chi connectivity index (χ1v) is 4.38. The minimum absolute atomic E-state index is 0.307. The molecule has 1 N–H and O–H groups in total. The maximum absolute atomic E-state index is 11.3. The lowest BCUT2D eigenvalue weighted by Gasteiger charge is -2.15. The van der Waals surface area contributed by atoms with Crippen LogP contribution in [0.5, 0.6) is 5.75 Å². The smallest absolute Gasteiger partial charge is 0.342 e. The maximum atomic E-state index is 11.3. The number of benzene rings is 1. The molecule has 0 aliphatic rings. The highest BCUT2D eigenvalue weighted by Crippen LogP contribution is 2.14. The summed E-state index contributed by atoms with van der Waals surface area (Å²) in [6.07, 6.45) is 0. The molecule has 0 radical (unpaired) electrons. The summed E-state index contributed by atoms with van der Waals surface area (Å²) in [6, 6.07) is 8.02. The average molecular weight is 205 g/mol. The molecule has 0 spiro atoms. The van der Waals surface area contributed by atoms with E-state index in [0.29, 0.717) is 11.3 Å². The van der Waals surface area contributed by atoms with Gasteiger partial charge in [0.15, 0.2) is 5.60 Å². The van der Waals surface area contributed by atoms with Crippen molar-refractivity contribution in [1.82, 2.24) is 0 Å². The van der Waals surface area contributed by atoms with Crippen LogP contribution in [0.2, 0.25) is 0 Å². The Morgan fingerprint density at radius 1 is 1.40 bits per heavy atom. The molecule has 0 aliphatic carbocycles. The largest absolute Gasteiger partial charge is 0.424 e. The van der Waals surface area contributed by atoms with Crippen molar-refractivity contribution in [2.45, 2.75) is 19.4 Å². The van der Waals surface area contributed by atoms with Gasteiger partial charge >= 0.3 is 5.97 Å². The fourth-order valence-electron chi connectivity index (χ4n) is 0.829. The van der Waals surface area contributed by atoms with Gasteiger partial charge in [-0.15, -0.1) is 0 Å². The highest BCUT2D eigenvalue weighted by atomic mass is 16.6. The number of carbonyl (C=O) groups is 1. The van der Waals surface area contributed by atoms with Crippen LogP contribution in [-0.4, -0.2) is 16.7 Å². The maximum Gasteiger partial charge on any atom is 0.342 e. The fourth-order valence-corrected chi connectivity index (χ4v) is 0.829. The number of nitriles is 1. The van der Waals surface area contributed by atoms with Gasteiger partial charge in [0.05, 0.1) is 11.6 Å². The predicted octanol–water partition coefficient (Wildman–Crippen LogP) is 1.23. The Bertz CT molecular complexity index is 395. The first kappa shape index (κ1) is 11.2. The van der Waals surface area contributed by atoms with Crippen LogP contribution in [-0.2, 0) is 4.79 Å². The van der Waals surface area contributed by atoms with Gasteiger partial charge in [0.2, 0.25) is 0 Å². The van der Waals surface area contributed by atoms with Gasteiger partial charge in [-0.3, -0.25) is 0 Å². The van der Waals surface area contributed by atoms with Gasteiger partial charge in [-0.1, -0.05) is 0 Å². The third kappa shape index (κ3) is 3.08. The molecule has 1 aromatic carbocycles. The average Bonchev–Trinajstić information content (AvgIpc) is 2.17. The first-order valence-electron chi connectivity index (χ1n) is 4.38. The van der Waals surface area contributed by atoms with E-state index < -0.39 is 11.6 Å². The third-order valence-corrected chi connectivity index (χ3v) is 1.69. The summed E-state index contributed by atoms with van der Waals surface area (Å²) in [4.78, 5) is 11.3. The molecule has 1 aromatic rings. The number of rotatable bonds is 2. The van der Waals surface area contributed by atoms with Crippen molar-refractivity contribution >= 4 is 5.97 Å². The molecule has 0 atom stereocenters. The van der Waals surface area contributed by atoms with Crippen molar-refractivity contribution in [3.8, 4) is 11.8 Å². The summed E-state index contributed by atoms with van der Waals surface area (Å²) in [5, 5.41) is 17.9. The third-order valence-electron chi connectivity index (χ3n) is 1.69. The molecule has 78 valence electrons. The molecule has 0 fully saturated rings. The van der Waals surface area contributed by atoms with Crippen molar-refractivity contribution in [3.63, 3.8) is 0 Å². The van der Waals surface area contributed by atoms with E-state index in [9.17, 15) is 9.90 Å². The van der Waals surface area contributed by atoms with E-state index in [2.05, 4.69) is 0 Å². The first-order chi connectivity index (χ1) is 6.93. The quantitative estimate of drug-likeness (QED) is 0.582. The van der Waals surface area contributed by atoms with Crippen LogP contribution < -0.4 is 4.74 Å². The highest BCUT2D eigenvalue weighted by molar-refractivity contribution is 5.80. The standard InChI is InChI=1S/C11H11NO3/c1-11(2,14)10(13)15-9-5-3-8(7-12)4-6-9/h3-6,14H,1-2H3. The second-order valence-corrected chi connectivity index (χ2v) is 3.58. The Balaban J connectivity index is 2.75. The van der Waals surface area contributed by atoms with Crippen molar-refractivity contribution in [2.24, 2.45) is 0 Å². The molecule has 0 saturated carbocycles.